The largest absolute Gasteiger partial charge is 0.367 e. The van der Waals surface area contributed by atoms with Gasteiger partial charge in [-0.1, -0.05) is 30.3 Å². The summed E-state index contributed by atoms with van der Waals surface area (Å²) in [5.41, 5.74) is 0.865. The van der Waals surface area contributed by atoms with Crippen molar-refractivity contribution in [3.8, 4) is 0 Å². The highest BCUT2D eigenvalue weighted by Crippen LogP contribution is 2.15. The zero-order valence-corrected chi connectivity index (χ0v) is 7.78. The molecular weight excluding hydrogens is 166 g/mol. The number of rotatable bonds is 3. The van der Waals surface area contributed by atoms with Crippen LogP contribution in [0.4, 0.5) is 0 Å². The van der Waals surface area contributed by atoms with Gasteiger partial charge in [-0.2, -0.15) is 0 Å². The summed E-state index contributed by atoms with van der Waals surface area (Å²) in [6.45, 7) is 0. The standard InChI is InChI=1S/C10H13NO2/c1-11-10(12)9(13-2)8-6-4-3-5-7-8/h3-7,9H,1-2H3,(H,11,12)/t9-/m1/s1. The van der Waals surface area contributed by atoms with Crippen LogP contribution in [-0.2, 0) is 9.53 Å². The number of carbonyl (C=O) groups is 1. The first-order valence-electron chi connectivity index (χ1n) is 4.09. The molecule has 0 bridgehead atoms. The third-order valence-electron chi connectivity index (χ3n) is 1.82. The minimum atomic E-state index is -0.508. The molecule has 13 heavy (non-hydrogen) atoms. The van der Waals surface area contributed by atoms with Crippen LogP contribution in [0.5, 0.6) is 0 Å². The fraction of sp³-hybridized carbons (Fsp3) is 0.300. The highest BCUT2D eigenvalue weighted by molar-refractivity contribution is 5.81. The van der Waals surface area contributed by atoms with Gasteiger partial charge in [-0.05, 0) is 5.56 Å². The maximum Gasteiger partial charge on any atom is 0.253 e. The van der Waals surface area contributed by atoms with Crippen LogP contribution in [0, 0.1) is 0 Å². The van der Waals surface area contributed by atoms with Crippen LogP contribution in [-0.4, -0.2) is 20.1 Å². The maximum absolute atomic E-state index is 11.3. The molecule has 70 valence electrons. The molecule has 0 aliphatic heterocycles. The van der Waals surface area contributed by atoms with E-state index >= 15 is 0 Å². The molecule has 1 N–H and O–H groups in total. The van der Waals surface area contributed by atoms with Gasteiger partial charge >= 0.3 is 0 Å². The number of amides is 1. The molecule has 0 saturated carbocycles. The lowest BCUT2D eigenvalue weighted by atomic mass is 10.1. The van der Waals surface area contributed by atoms with Gasteiger partial charge in [-0.3, -0.25) is 4.79 Å². The van der Waals surface area contributed by atoms with Crippen molar-refractivity contribution in [2.45, 2.75) is 6.10 Å². The number of likely N-dealkylation sites (N-methyl/N-ethyl adjacent to an activating group) is 1. The Morgan fingerprint density at radius 2 is 2.00 bits per heavy atom. The van der Waals surface area contributed by atoms with Crippen molar-refractivity contribution < 1.29 is 9.53 Å². The molecule has 1 aromatic rings. The minimum absolute atomic E-state index is 0.131. The van der Waals surface area contributed by atoms with E-state index in [1.54, 1.807) is 7.05 Å². The number of carbonyl (C=O) groups excluding carboxylic acids is 1. The quantitative estimate of drug-likeness (QED) is 0.755. The monoisotopic (exact) mass is 179 g/mol. The van der Waals surface area contributed by atoms with E-state index in [0.717, 1.165) is 5.56 Å². The topological polar surface area (TPSA) is 38.3 Å². The number of methoxy groups -OCH3 is 1. The predicted octanol–water partition coefficient (Wildman–Crippen LogP) is 1.12. The summed E-state index contributed by atoms with van der Waals surface area (Å²) in [5, 5.41) is 2.55. The third-order valence-corrected chi connectivity index (χ3v) is 1.82. The van der Waals surface area contributed by atoms with Crippen LogP contribution < -0.4 is 5.32 Å². The Morgan fingerprint density at radius 3 is 2.46 bits per heavy atom. The van der Waals surface area contributed by atoms with Crippen LogP contribution in [0.3, 0.4) is 0 Å². The van der Waals surface area contributed by atoms with Gasteiger partial charge in [-0.25, -0.2) is 0 Å². The first-order chi connectivity index (χ1) is 6.29. The van der Waals surface area contributed by atoms with Gasteiger partial charge in [0, 0.05) is 14.2 Å². The Hall–Kier alpha value is -1.35. The zero-order valence-electron chi connectivity index (χ0n) is 7.78. The third kappa shape index (κ3) is 2.29. The van der Waals surface area contributed by atoms with Crippen LogP contribution in [0.15, 0.2) is 30.3 Å². The normalized spacial score (nSPS) is 12.2. The van der Waals surface area contributed by atoms with Gasteiger partial charge < -0.3 is 10.1 Å². The average Bonchev–Trinajstić information content (AvgIpc) is 2.20. The summed E-state index contributed by atoms with van der Waals surface area (Å²) in [5.74, 6) is -0.131. The summed E-state index contributed by atoms with van der Waals surface area (Å²) < 4.78 is 5.08. The van der Waals surface area contributed by atoms with E-state index in [4.69, 9.17) is 4.74 Å². The van der Waals surface area contributed by atoms with E-state index in [0.29, 0.717) is 0 Å². The van der Waals surface area contributed by atoms with Gasteiger partial charge in [0.2, 0.25) is 0 Å². The van der Waals surface area contributed by atoms with Crippen molar-refractivity contribution in [3.05, 3.63) is 35.9 Å². The number of hydrogen-bond acceptors (Lipinski definition) is 2. The molecule has 0 unspecified atom stereocenters. The SMILES string of the molecule is CNC(=O)[C@H](OC)c1ccccc1. The first-order valence-corrected chi connectivity index (χ1v) is 4.09. The van der Waals surface area contributed by atoms with Gasteiger partial charge in [0.1, 0.15) is 0 Å². The second kappa shape index (κ2) is 4.62. The van der Waals surface area contributed by atoms with Gasteiger partial charge in [0.05, 0.1) is 0 Å². The van der Waals surface area contributed by atoms with Crippen molar-refractivity contribution in [2.24, 2.45) is 0 Å². The van der Waals surface area contributed by atoms with Crippen LogP contribution in [0.2, 0.25) is 0 Å². The van der Waals surface area contributed by atoms with Crippen molar-refractivity contribution in [2.75, 3.05) is 14.2 Å². The molecule has 3 heteroatoms. The number of nitrogens with one attached hydrogen (secondary N) is 1. The highest BCUT2D eigenvalue weighted by Gasteiger charge is 2.17. The summed E-state index contributed by atoms with van der Waals surface area (Å²) in [4.78, 5) is 11.3. The minimum Gasteiger partial charge on any atom is -0.367 e. The van der Waals surface area contributed by atoms with Crippen molar-refractivity contribution >= 4 is 5.91 Å². The Labute approximate surface area is 77.7 Å². The molecule has 0 saturated heterocycles. The molecule has 0 aliphatic carbocycles. The summed E-state index contributed by atoms with van der Waals surface area (Å²) >= 11 is 0. The van der Waals surface area contributed by atoms with E-state index in [2.05, 4.69) is 5.32 Å². The molecule has 0 spiro atoms. The fourth-order valence-electron chi connectivity index (χ4n) is 1.15. The Bertz CT molecular complexity index is 272. The first kappa shape index (κ1) is 9.74. The van der Waals surface area contributed by atoms with E-state index in [1.165, 1.54) is 7.11 Å². The lowest BCUT2D eigenvalue weighted by Gasteiger charge is -2.13. The zero-order chi connectivity index (χ0) is 9.68. The molecule has 3 nitrogen and oxygen atoms in total. The maximum atomic E-state index is 11.3. The second-order valence-corrected chi connectivity index (χ2v) is 2.64. The van der Waals surface area contributed by atoms with Crippen LogP contribution >= 0.6 is 0 Å². The van der Waals surface area contributed by atoms with E-state index in [9.17, 15) is 4.79 Å². The van der Waals surface area contributed by atoms with Crippen LogP contribution in [0.1, 0.15) is 11.7 Å². The van der Waals surface area contributed by atoms with Gasteiger partial charge in [0.25, 0.3) is 5.91 Å². The molecule has 1 rings (SSSR count). The number of hydrogen-bond donors (Lipinski definition) is 1. The molecule has 0 aliphatic rings. The molecule has 1 amide bonds. The average molecular weight is 179 g/mol. The smallest absolute Gasteiger partial charge is 0.253 e. The van der Waals surface area contributed by atoms with Crippen molar-refractivity contribution in [1.82, 2.24) is 5.32 Å². The summed E-state index contributed by atoms with van der Waals surface area (Å²) in [6, 6.07) is 9.39. The molecule has 0 radical (unpaired) electrons. The highest BCUT2D eigenvalue weighted by atomic mass is 16.5. The summed E-state index contributed by atoms with van der Waals surface area (Å²) in [6.07, 6.45) is -0.508. The molecule has 0 aromatic heterocycles. The summed E-state index contributed by atoms with van der Waals surface area (Å²) in [7, 11) is 3.12. The lowest BCUT2D eigenvalue weighted by molar-refractivity contribution is -0.130. The lowest BCUT2D eigenvalue weighted by Crippen LogP contribution is -2.26. The van der Waals surface area contributed by atoms with Crippen molar-refractivity contribution in [3.63, 3.8) is 0 Å². The predicted molar refractivity (Wildman–Crippen MR) is 50.3 cm³/mol. The van der Waals surface area contributed by atoms with E-state index in [-0.39, 0.29) is 5.91 Å². The van der Waals surface area contributed by atoms with Gasteiger partial charge in [0.15, 0.2) is 6.10 Å². The van der Waals surface area contributed by atoms with E-state index < -0.39 is 6.10 Å². The molecule has 1 atom stereocenters. The Balaban J connectivity index is 2.85. The van der Waals surface area contributed by atoms with Crippen LogP contribution in [0.25, 0.3) is 0 Å². The number of ether oxygens (including phenoxy) is 1. The van der Waals surface area contributed by atoms with Crippen molar-refractivity contribution in [1.29, 1.82) is 0 Å². The Morgan fingerprint density at radius 1 is 1.38 bits per heavy atom. The molecular formula is C10H13NO2. The fourth-order valence-corrected chi connectivity index (χ4v) is 1.15. The molecule has 0 heterocycles. The van der Waals surface area contributed by atoms with Gasteiger partial charge in [-0.15, -0.1) is 0 Å². The Kier molecular flexibility index (Phi) is 3.46. The molecule has 1 aromatic carbocycles. The van der Waals surface area contributed by atoms with E-state index in [1.807, 2.05) is 30.3 Å². The second-order valence-electron chi connectivity index (χ2n) is 2.64. The number of benzene rings is 1. The molecule has 0 fully saturated rings.